The van der Waals surface area contributed by atoms with Crippen LogP contribution in [0.25, 0.3) is 0 Å². The Kier molecular flexibility index (Phi) is 2.60. The van der Waals surface area contributed by atoms with Crippen LogP contribution in [0, 0.1) is 6.92 Å². The smallest absolute Gasteiger partial charge is 0.0956 e. The van der Waals surface area contributed by atoms with E-state index in [4.69, 9.17) is 4.42 Å². The van der Waals surface area contributed by atoms with Crippen molar-refractivity contribution in [1.29, 1.82) is 0 Å². The first-order chi connectivity index (χ1) is 6.83. The SMILES string of the molecule is CNC(c1cnns1)c1cocc1C. The number of nitrogens with one attached hydrogen (secondary N) is 1. The summed E-state index contributed by atoms with van der Waals surface area (Å²) in [6.45, 7) is 2.03. The number of rotatable bonds is 3. The van der Waals surface area contributed by atoms with E-state index in [9.17, 15) is 0 Å². The highest BCUT2D eigenvalue weighted by atomic mass is 32.1. The van der Waals surface area contributed by atoms with Gasteiger partial charge >= 0.3 is 0 Å². The predicted octanol–water partition coefficient (Wildman–Crippen LogP) is 1.75. The molecule has 0 saturated carbocycles. The summed E-state index contributed by atoms with van der Waals surface area (Å²) in [5, 5.41) is 7.05. The molecule has 0 saturated heterocycles. The molecule has 2 aromatic heterocycles. The largest absolute Gasteiger partial charge is 0.472 e. The second kappa shape index (κ2) is 3.89. The molecule has 4 nitrogen and oxygen atoms in total. The lowest BCUT2D eigenvalue weighted by Gasteiger charge is -2.11. The highest BCUT2D eigenvalue weighted by molar-refractivity contribution is 7.05. The van der Waals surface area contributed by atoms with Gasteiger partial charge in [0.1, 0.15) is 0 Å². The van der Waals surface area contributed by atoms with Crippen LogP contribution in [0.15, 0.2) is 23.1 Å². The molecule has 0 radical (unpaired) electrons. The first-order valence-corrected chi connectivity index (χ1v) is 5.07. The second-order valence-electron chi connectivity index (χ2n) is 3.05. The number of aryl methyl sites for hydroxylation is 1. The van der Waals surface area contributed by atoms with Crippen molar-refractivity contribution in [3.8, 4) is 0 Å². The number of hydrogen-bond acceptors (Lipinski definition) is 5. The zero-order valence-corrected chi connectivity index (χ0v) is 8.84. The lowest BCUT2D eigenvalue weighted by molar-refractivity contribution is 0.557. The van der Waals surface area contributed by atoms with Crippen LogP contribution in [-0.4, -0.2) is 16.6 Å². The first-order valence-electron chi connectivity index (χ1n) is 4.30. The van der Waals surface area contributed by atoms with Gasteiger partial charge in [0, 0.05) is 5.56 Å². The minimum Gasteiger partial charge on any atom is -0.472 e. The second-order valence-corrected chi connectivity index (χ2v) is 3.87. The lowest BCUT2D eigenvalue weighted by atomic mass is 10.1. The van der Waals surface area contributed by atoms with E-state index in [2.05, 4.69) is 14.9 Å². The summed E-state index contributed by atoms with van der Waals surface area (Å²) in [4.78, 5) is 1.09. The maximum absolute atomic E-state index is 5.15. The van der Waals surface area contributed by atoms with Gasteiger partial charge in [0.25, 0.3) is 0 Å². The molecule has 0 aromatic carbocycles. The highest BCUT2D eigenvalue weighted by Crippen LogP contribution is 2.26. The van der Waals surface area contributed by atoms with Crippen molar-refractivity contribution in [3.05, 3.63) is 34.7 Å². The molecule has 0 aliphatic heterocycles. The van der Waals surface area contributed by atoms with Gasteiger partial charge in [-0.2, -0.15) is 0 Å². The topological polar surface area (TPSA) is 51.0 Å². The number of hydrogen-bond donors (Lipinski definition) is 1. The van der Waals surface area contributed by atoms with E-state index in [1.54, 1.807) is 18.7 Å². The monoisotopic (exact) mass is 209 g/mol. The molecular weight excluding hydrogens is 198 g/mol. The summed E-state index contributed by atoms with van der Waals surface area (Å²) in [6, 6.07) is 0.133. The Morgan fingerprint density at radius 3 is 2.86 bits per heavy atom. The summed E-state index contributed by atoms with van der Waals surface area (Å²) in [5.74, 6) is 0. The molecule has 0 amide bonds. The third-order valence-electron chi connectivity index (χ3n) is 2.16. The minimum absolute atomic E-state index is 0.133. The van der Waals surface area contributed by atoms with Gasteiger partial charge in [0.15, 0.2) is 0 Å². The van der Waals surface area contributed by atoms with E-state index in [0.717, 1.165) is 16.0 Å². The molecule has 1 unspecified atom stereocenters. The van der Waals surface area contributed by atoms with E-state index >= 15 is 0 Å². The molecular formula is C9H11N3OS. The maximum atomic E-state index is 5.15. The Labute approximate surface area is 86.1 Å². The highest BCUT2D eigenvalue weighted by Gasteiger charge is 2.17. The van der Waals surface area contributed by atoms with Crippen molar-refractivity contribution in [2.75, 3.05) is 7.05 Å². The molecule has 1 N–H and O–H groups in total. The Hall–Kier alpha value is -1.20. The summed E-state index contributed by atoms with van der Waals surface area (Å²) in [6.07, 6.45) is 5.28. The molecule has 0 aliphatic carbocycles. The fraction of sp³-hybridized carbons (Fsp3) is 0.333. The van der Waals surface area contributed by atoms with Gasteiger partial charge in [0.2, 0.25) is 0 Å². The van der Waals surface area contributed by atoms with Crippen LogP contribution >= 0.6 is 11.5 Å². The Balaban J connectivity index is 2.36. The van der Waals surface area contributed by atoms with E-state index in [1.165, 1.54) is 11.5 Å². The van der Waals surface area contributed by atoms with Crippen molar-refractivity contribution in [3.63, 3.8) is 0 Å². The first kappa shape index (κ1) is 9.36. The van der Waals surface area contributed by atoms with Crippen molar-refractivity contribution >= 4 is 11.5 Å². The van der Waals surface area contributed by atoms with Gasteiger partial charge in [-0.3, -0.25) is 0 Å². The van der Waals surface area contributed by atoms with Gasteiger partial charge in [-0.1, -0.05) is 4.49 Å². The molecule has 0 bridgehead atoms. The third-order valence-corrected chi connectivity index (χ3v) is 2.89. The molecule has 2 rings (SSSR count). The molecule has 0 fully saturated rings. The molecule has 2 heterocycles. The quantitative estimate of drug-likeness (QED) is 0.836. The van der Waals surface area contributed by atoms with Gasteiger partial charge in [0.05, 0.1) is 29.6 Å². The molecule has 0 aliphatic rings. The Morgan fingerprint density at radius 2 is 2.36 bits per heavy atom. The number of aromatic nitrogens is 2. The molecule has 14 heavy (non-hydrogen) atoms. The van der Waals surface area contributed by atoms with Crippen LogP contribution < -0.4 is 5.32 Å². The Bertz CT molecular complexity index is 396. The molecule has 5 heteroatoms. The van der Waals surface area contributed by atoms with Gasteiger partial charge < -0.3 is 9.73 Å². The van der Waals surface area contributed by atoms with Gasteiger partial charge in [-0.25, -0.2) is 0 Å². The zero-order valence-electron chi connectivity index (χ0n) is 8.02. The third kappa shape index (κ3) is 1.56. The summed E-state index contributed by atoms with van der Waals surface area (Å²) >= 11 is 1.40. The standard InChI is InChI=1S/C9H11N3OS/c1-6-4-13-5-7(6)9(10-2)8-3-11-12-14-8/h3-5,9-10H,1-2H3. The average Bonchev–Trinajstić information content (AvgIpc) is 2.80. The molecule has 1 atom stereocenters. The minimum atomic E-state index is 0.133. The fourth-order valence-corrected chi connectivity index (χ4v) is 2.05. The van der Waals surface area contributed by atoms with Crippen LogP contribution in [-0.2, 0) is 0 Å². The van der Waals surface area contributed by atoms with Crippen LogP contribution in [0.4, 0.5) is 0 Å². The lowest BCUT2D eigenvalue weighted by Crippen LogP contribution is -2.16. The predicted molar refractivity (Wildman–Crippen MR) is 54.3 cm³/mol. The number of nitrogens with zero attached hydrogens (tertiary/aromatic N) is 2. The van der Waals surface area contributed by atoms with E-state index < -0.39 is 0 Å². The summed E-state index contributed by atoms with van der Waals surface area (Å²) in [7, 11) is 1.91. The zero-order chi connectivity index (χ0) is 9.97. The summed E-state index contributed by atoms with van der Waals surface area (Å²) < 4.78 is 9.00. The van der Waals surface area contributed by atoms with Crippen molar-refractivity contribution in [1.82, 2.24) is 14.9 Å². The van der Waals surface area contributed by atoms with Gasteiger partial charge in [-0.05, 0) is 31.1 Å². The van der Waals surface area contributed by atoms with Crippen molar-refractivity contribution in [2.24, 2.45) is 0 Å². The fourth-order valence-electron chi connectivity index (χ4n) is 1.42. The van der Waals surface area contributed by atoms with Crippen molar-refractivity contribution in [2.45, 2.75) is 13.0 Å². The normalized spacial score (nSPS) is 13.0. The van der Waals surface area contributed by atoms with Crippen molar-refractivity contribution < 1.29 is 4.42 Å². The molecule has 0 spiro atoms. The van der Waals surface area contributed by atoms with E-state index in [-0.39, 0.29) is 6.04 Å². The van der Waals surface area contributed by atoms with E-state index in [1.807, 2.05) is 14.0 Å². The molecule has 2 aromatic rings. The van der Waals surface area contributed by atoms with Crippen LogP contribution in [0.2, 0.25) is 0 Å². The van der Waals surface area contributed by atoms with Crippen LogP contribution in [0.1, 0.15) is 22.0 Å². The van der Waals surface area contributed by atoms with Gasteiger partial charge in [-0.15, -0.1) is 5.10 Å². The van der Waals surface area contributed by atoms with Crippen LogP contribution in [0.5, 0.6) is 0 Å². The Morgan fingerprint density at radius 1 is 1.50 bits per heavy atom. The maximum Gasteiger partial charge on any atom is 0.0956 e. The van der Waals surface area contributed by atoms with E-state index in [0.29, 0.717) is 0 Å². The van der Waals surface area contributed by atoms with Crippen LogP contribution in [0.3, 0.4) is 0 Å². The summed E-state index contributed by atoms with van der Waals surface area (Å²) in [5.41, 5.74) is 2.27. The average molecular weight is 209 g/mol. The molecule has 74 valence electrons. The number of furan rings is 1.